The van der Waals surface area contributed by atoms with Gasteiger partial charge in [0.05, 0.1) is 43.9 Å². The van der Waals surface area contributed by atoms with Crippen LogP contribution in [-0.4, -0.2) is 66.3 Å². The van der Waals surface area contributed by atoms with Crippen molar-refractivity contribution in [3.8, 4) is 5.75 Å². The fourth-order valence-electron chi connectivity index (χ4n) is 4.85. The van der Waals surface area contributed by atoms with Crippen molar-refractivity contribution >= 4 is 28.9 Å². The zero-order valence-electron chi connectivity index (χ0n) is 20.6. The van der Waals surface area contributed by atoms with E-state index >= 15 is 0 Å². The molecule has 2 atom stereocenters. The number of nitrogens with zero attached hydrogens (tertiary/aromatic N) is 4. The molecule has 36 heavy (non-hydrogen) atoms. The van der Waals surface area contributed by atoms with Crippen molar-refractivity contribution in [3.05, 3.63) is 70.7 Å². The summed E-state index contributed by atoms with van der Waals surface area (Å²) in [6.07, 6.45) is 2.81. The first-order chi connectivity index (χ1) is 17.4. The second-order valence-corrected chi connectivity index (χ2v) is 10.5. The van der Waals surface area contributed by atoms with Gasteiger partial charge in [0.1, 0.15) is 37.7 Å². The van der Waals surface area contributed by atoms with Gasteiger partial charge in [-0.15, -0.1) is 0 Å². The molecule has 2 aromatic carbocycles. The molecular weight excluding hydrogens is 501 g/mol. The van der Waals surface area contributed by atoms with Crippen LogP contribution in [0.15, 0.2) is 55.1 Å². The van der Waals surface area contributed by atoms with Gasteiger partial charge in [-0.05, 0) is 50.2 Å². The summed E-state index contributed by atoms with van der Waals surface area (Å²) in [6, 6.07) is 14.3. The van der Waals surface area contributed by atoms with Crippen molar-refractivity contribution in [1.29, 1.82) is 0 Å². The number of hydrogen-bond donors (Lipinski definition) is 1. The van der Waals surface area contributed by atoms with Crippen LogP contribution in [0.25, 0.3) is 0 Å². The van der Waals surface area contributed by atoms with Crippen LogP contribution < -0.4 is 14.5 Å². The summed E-state index contributed by atoms with van der Waals surface area (Å²) in [5, 5.41) is 5.23. The number of benzene rings is 2. The van der Waals surface area contributed by atoms with Gasteiger partial charge in [-0.3, -0.25) is 0 Å². The highest BCUT2D eigenvalue weighted by atomic mass is 35.5. The van der Waals surface area contributed by atoms with E-state index < -0.39 is 5.79 Å². The number of aromatic nitrogens is 3. The summed E-state index contributed by atoms with van der Waals surface area (Å²) < 4.78 is 20.4. The first-order valence-corrected chi connectivity index (χ1v) is 13.1. The highest BCUT2D eigenvalue weighted by molar-refractivity contribution is 6.35. The molecule has 3 heterocycles. The second kappa shape index (κ2) is 10.9. The highest BCUT2D eigenvalue weighted by Gasteiger charge is 2.45. The molecule has 2 aliphatic heterocycles. The number of rotatable bonds is 8. The zero-order valence-corrected chi connectivity index (χ0v) is 22.1. The Morgan fingerprint density at radius 3 is 2.58 bits per heavy atom. The monoisotopic (exact) mass is 532 g/mol. The van der Waals surface area contributed by atoms with E-state index in [1.54, 1.807) is 28.0 Å². The first kappa shape index (κ1) is 25.3. The Balaban J connectivity index is 1.21. The van der Waals surface area contributed by atoms with Gasteiger partial charge in [-0.1, -0.05) is 29.3 Å². The maximum Gasteiger partial charge on any atom is 0.217 e. The molecule has 2 fully saturated rings. The molecule has 0 amide bonds. The zero-order chi connectivity index (χ0) is 25.1. The van der Waals surface area contributed by atoms with Crippen molar-refractivity contribution in [2.45, 2.75) is 38.3 Å². The van der Waals surface area contributed by atoms with Gasteiger partial charge in [0.2, 0.25) is 5.79 Å². The minimum atomic E-state index is -1.12. The van der Waals surface area contributed by atoms with E-state index in [9.17, 15) is 0 Å². The summed E-state index contributed by atoms with van der Waals surface area (Å²) in [5.41, 5.74) is 1.92. The SMILES string of the molecule is CC(C)[NH+]1CCN(c2ccc(OCC3CO[C@](Cn4cncn4)(c4ccc(Cl)cc4Cl)O3)cc2)CC1. The summed E-state index contributed by atoms with van der Waals surface area (Å²) >= 11 is 12.7. The molecule has 0 radical (unpaired) electrons. The van der Waals surface area contributed by atoms with Crippen LogP contribution >= 0.6 is 23.2 Å². The maximum absolute atomic E-state index is 6.54. The third-order valence-corrected chi connectivity index (χ3v) is 7.45. The second-order valence-electron chi connectivity index (χ2n) is 9.63. The fraction of sp³-hybridized carbons (Fsp3) is 0.462. The van der Waals surface area contributed by atoms with Crippen LogP contribution in [0.3, 0.4) is 0 Å². The van der Waals surface area contributed by atoms with E-state index in [0.717, 1.165) is 18.8 Å². The molecule has 8 nitrogen and oxygen atoms in total. The predicted molar refractivity (Wildman–Crippen MR) is 139 cm³/mol. The Morgan fingerprint density at radius 2 is 1.92 bits per heavy atom. The number of anilines is 1. The van der Waals surface area contributed by atoms with Crippen LogP contribution in [-0.2, 0) is 21.8 Å². The van der Waals surface area contributed by atoms with Crippen LogP contribution in [0, 0.1) is 0 Å². The summed E-state index contributed by atoms with van der Waals surface area (Å²) in [6.45, 7) is 10.1. The normalized spacial score (nSPS) is 22.9. The van der Waals surface area contributed by atoms with Gasteiger partial charge in [-0.25, -0.2) is 9.67 Å². The lowest BCUT2D eigenvalue weighted by atomic mass is 10.1. The van der Waals surface area contributed by atoms with E-state index in [1.807, 2.05) is 18.2 Å². The topological polar surface area (TPSA) is 66.1 Å². The molecule has 2 aliphatic rings. The average molecular weight is 533 g/mol. The van der Waals surface area contributed by atoms with Crippen molar-refractivity contribution < 1.29 is 19.1 Å². The van der Waals surface area contributed by atoms with Gasteiger partial charge in [0.15, 0.2) is 0 Å². The van der Waals surface area contributed by atoms with Gasteiger partial charge in [0, 0.05) is 16.3 Å². The van der Waals surface area contributed by atoms with Gasteiger partial charge in [-0.2, -0.15) is 5.10 Å². The molecule has 0 bridgehead atoms. The number of hydrogen-bond acceptors (Lipinski definition) is 6. The first-order valence-electron chi connectivity index (χ1n) is 12.3. The molecule has 0 saturated carbocycles. The van der Waals surface area contributed by atoms with Crippen molar-refractivity contribution in [3.63, 3.8) is 0 Å². The van der Waals surface area contributed by atoms with E-state index in [0.29, 0.717) is 41.4 Å². The maximum atomic E-state index is 6.54. The van der Waals surface area contributed by atoms with Gasteiger partial charge >= 0.3 is 0 Å². The van der Waals surface area contributed by atoms with Crippen LogP contribution in [0.4, 0.5) is 5.69 Å². The smallest absolute Gasteiger partial charge is 0.217 e. The van der Waals surface area contributed by atoms with E-state index in [1.165, 1.54) is 25.1 Å². The summed E-state index contributed by atoms with van der Waals surface area (Å²) in [4.78, 5) is 8.14. The number of nitrogens with one attached hydrogen (secondary N) is 1. The molecule has 0 aliphatic carbocycles. The van der Waals surface area contributed by atoms with E-state index in [-0.39, 0.29) is 6.10 Å². The molecular formula is C26H32Cl2N5O3+. The lowest BCUT2D eigenvalue weighted by Gasteiger charge is -2.35. The van der Waals surface area contributed by atoms with Crippen molar-refractivity contribution in [1.82, 2.24) is 14.8 Å². The molecule has 1 unspecified atom stereocenters. The Hall–Kier alpha value is -2.36. The molecule has 1 aromatic heterocycles. The van der Waals surface area contributed by atoms with Crippen LogP contribution in [0.1, 0.15) is 19.4 Å². The summed E-state index contributed by atoms with van der Waals surface area (Å²) in [5.74, 6) is -0.319. The van der Waals surface area contributed by atoms with Gasteiger partial charge < -0.3 is 24.0 Å². The Kier molecular flexibility index (Phi) is 7.69. The van der Waals surface area contributed by atoms with Crippen LogP contribution in [0.2, 0.25) is 10.0 Å². The number of halogens is 2. The molecule has 10 heteroatoms. The highest BCUT2D eigenvalue weighted by Crippen LogP contribution is 2.40. The predicted octanol–water partition coefficient (Wildman–Crippen LogP) is 3.05. The third kappa shape index (κ3) is 5.63. The van der Waals surface area contributed by atoms with Crippen molar-refractivity contribution in [2.24, 2.45) is 0 Å². The molecule has 0 spiro atoms. The fourth-order valence-corrected chi connectivity index (χ4v) is 5.41. The lowest BCUT2D eigenvalue weighted by Crippen LogP contribution is -3.17. The minimum Gasteiger partial charge on any atom is -0.491 e. The Morgan fingerprint density at radius 1 is 1.14 bits per heavy atom. The quantitative estimate of drug-likeness (QED) is 0.481. The van der Waals surface area contributed by atoms with E-state index in [4.69, 9.17) is 37.4 Å². The molecule has 3 aromatic rings. The number of ether oxygens (including phenoxy) is 3. The largest absolute Gasteiger partial charge is 0.491 e. The van der Waals surface area contributed by atoms with E-state index in [2.05, 4.69) is 41.0 Å². The Labute approximate surface area is 221 Å². The number of piperazine rings is 1. The van der Waals surface area contributed by atoms with Gasteiger partial charge in [0.25, 0.3) is 0 Å². The average Bonchev–Trinajstić information content (AvgIpc) is 3.54. The number of quaternary nitrogens is 1. The molecule has 192 valence electrons. The van der Waals surface area contributed by atoms with Crippen LogP contribution in [0.5, 0.6) is 5.75 Å². The standard InChI is InChI=1S/C26H31Cl2N5O3/c1-19(2)31-9-11-32(12-10-31)21-4-6-22(7-5-21)34-14-23-15-35-26(36-23,16-33-18-29-17-30-33)24-8-3-20(27)13-25(24)28/h3-8,13,17-19,23H,9-12,14-16H2,1-2H3/p+1/t23?,26-/m0/s1. The minimum absolute atomic E-state index is 0.285. The third-order valence-electron chi connectivity index (χ3n) is 6.90. The van der Waals surface area contributed by atoms with Crippen molar-refractivity contribution in [2.75, 3.05) is 44.3 Å². The lowest BCUT2D eigenvalue weighted by molar-refractivity contribution is -0.921. The summed E-state index contributed by atoms with van der Waals surface area (Å²) in [7, 11) is 0. The Bertz CT molecular complexity index is 1140. The molecule has 2 saturated heterocycles. The molecule has 5 rings (SSSR count). The molecule has 1 N–H and O–H groups in total.